The molecule has 0 bridgehead atoms. The largest absolute Gasteiger partial charge is 0.389 e. The first kappa shape index (κ1) is 9.14. The summed E-state index contributed by atoms with van der Waals surface area (Å²) in [5.41, 5.74) is 0.970. The average Bonchev–Trinajstić information content (AvgIpc) is 1.90. The maximum Gasteiger partial charge on any atom is 0.0761 e. The molecule has 0 spiro atoms. The lowest BCUT2D eigenvalue weighted by atomic mass is 10.1. The maximum absolute atomic E-state index is 9.02. The Morgan fingerprint density at radius 3 is 2.00 bits per heavy atom. The van der Waals surface area contributed by atoms with E-state index in [0.29, 0.717) is 0 Å². The number of rotatable bonds is 1. The van der Waals surface area contributed by atoms with E-state index in [1.165, 1.54) is 0 Å². The van der Waals surface area contributed by atoms with Crippen molar-refractivity contribution in [1.29, 1.82) is 0 Å². The third-order valence-electron chi connectivity index (χ3n) is 1.28. The molecule has 56 valence electrons. The third kappa shape index (κ3) is 2.17. The van der Waals surface area contributed by atoms with Gasteiger partial charge in [-0.1, -0.05) is 30.3 Å². The zero-order valence-electron chi connectivity index (χ0n) is 6.12. The summed E-state index contributed by atoms with van der Waals surface area (Å²) in [6, 6.07) is 9.59. The molecule has 0 amide bonds. The van der Waals surface area contributed by atoms with E-state index in [-0.39, 0.29) is 12.3 Å². The van der Waals surface area contributed by atoms with Crippen LogP contribution in [0.3, 0.4) is 0 Å². The van der Waals surface area contributed by atoms with Crippen molar-refractivity contribution >= 4 is 0 Å². The lowest BCUT2D eigenvalue weighted by Crippen LogP contribution is -1.87. The monoisotopic (exact) mass is 139 g/mol. The molecular formula is C8H13NO. The normalized spacial score (nSPS) is 11.8. The Hall–Kier alpha value is -0.860. The molecule has 1 aromatic carbocycles. The summed E-state index contributed by atoms with van der Waals surface area (Å²) in [6.45, 7) is 1.76. The van der Waals surface area contributed by atoms with Crippen LogP contribution < -0.4 is 6.15 Å². The molecule has 0 aliphatic heterocycles. The molecule has 1 rings (SSSR count). The molecule has 2 heteroatoms. The SMILES string of the molecule is CC(O)c1ccccc1.N. The molecule has 0 aliphatic carbocycles. The molecule has 0 fully saturated rings. The highest BCUT2D eigenvalue weighted by Crippen LogP contribution is 2.08. The van der Waals surface area contributed by atoms with Crippen LogP contribution in [0.1, 0.15) is 18.6 Å². The first-order chi connectivity index (χ1) is 4.30. The van der Waals surface area contributed by atoms with Gasteiger partial charge in [0.15, 0.2) is 0 Å². The van der Waals surface area contributed by atoms with Gasteiger partial charge in [-0.15, -0.1) is 0 Å². The van der Waals surface area contributed by atoms with Crippen molar-refractivity contribution in [3.8, 4) is 0 Å². The van der Waals surface area contributed by atoms with Gasteiger partial charge in [-0.2, -0.15) is 0 Å². The van der Waals surface area contributed by atoms with Crippen molar-refractivity contribution < 1.29 is 5.11 Å². The summed E-state index contributed by atoms with van der Waals surface area (Å²) in [5, 5.41) is 9.02. The van der Waals surface area contributed by atoms with E-state index in [1.807, 2.05) is 30.3 Å². The zero-order valence-corrected chi connectivity index (χ0v) is 6.12. The molecule has 0 heterocycles. The van der Waals surface area contributed by atoms with Crippen molar-refractivity contribution in [3.63, 3.8) is 0 Å². The van der Waals surface area contributed by atoms with Gasteiger partial charge in [-0.25, -0.2) is 0 Å². The summed E-state index contributed by atoms with van der Waals surface area (Å²) >= 11 is 0. The van der Waals surface area contributed by atoms with Gasteiger partial charge in [0, 0.05) is 0 Å². The fourth-order valence-electron chi connectivity index (χ4n) is 0.732. The smallest absolute Gasteiger partial charge is 0.0761 e. The fraction of sp³-hybridized carbons (Fsp3) is 0.250. The molecule has 1 aromatic rings. The van der Waals surface area contributed by atoms with Crippen LogP contribution in [0.25, 0.3) is 0 Å². The van der Waals surface area contributed by atoms with E-state index >= 15 is 0 Å². The second-order valence-corrected chi connectivity index (χ2v) is 2.09. The number of aliphatic hydroxyl groups is 1. The molecule has 10 heavy (non-hydrogen) atoms. The topological polar surface area (TPSA) is 55.2 Å². The van der Waals surface area contributed by atoms with Crippen LogP contribution in [0, 0.1) is 0 Å². The molecule has 1 unspecified atom stereocenters. The molecule has 2 nitrogen and oxygen atoms in total. The number of aliphatic hydroxyl groups excluding tert-OH is 1. The fourth-order valence-corrected chi connectivity index (χ4v) is 0.732. The summed E-state index contributed by atoms with van der Waals surface area (Å²) < 4.78 is 0. The summed E-state index contributed by atoms with van der Waals surface area (Å²) in [4.78, 5) is 0. The first-order valence-corrected chi connectivity index (χ1v) is 3.03. The number of hydrogen-bond donors (Lipinski definition) is 2. The van der Waals surface area contributed by atoms with E-state index in [4.69, 9.17) is 5.11 Å². The van der Waals surface area contributed by atoms with Gasteiger partial charge < -0.3 is 11.3 Å². The third-order valence-corrected chi connectivity index (χ3v) is 1.28. The van der Waals surface area contributed by atoms with Crippen LogP contribution in [0.5, 0.6) is 0 Å². The van der Waals surface area contributed by atoms with E-state index < -0.39 is 0 Å². The second kappa shape index (κ2) is 4.04. The van der Waals surface area contributed by atoms with Crippen LogP contribution >= 0.6 is 0 Å². The van der Waals surface area contributed by atoms with E-state index in [0.717, 1.165) is 5.56 Å². The van der Waals surface area contributed by atoms with Crippen LogP contribution in [0.4, 0.5) is 0 Å². The van der Waals surface area contributed by atoms with E-state index in [9.17, 15) is 0 Å². The minimum Gasteiger partial charge on any atom is -0.389 e. The minimum atomic E-state index is -0.341. The molecule has 0 saturated heterocycles. The first-order valence-electron chi connectivity index (χ1n) is 3.03. The van der Waals surface area contributed by atoms with Gasteiger partial charge in [0.25, 0.3) is 0 Å². The summed E-state index contributed by atoms with van der Waals surface area (Å²) in [5.74, 6) is 0. The van der Waals surface area contributed by atoms with Crippen LogP contribution in [-0.2, 0) is 0 Å². The van der Waals surface area contributed by atoms with Crippen molar-refractivity contribution in [2.24, 2.45) is 0 Å². The highest BCUT2D eigenvalue weighted by atomic mass is 16.3. The predicted molar refractivity (Wildman–Crippen MR) is 42.1 cm³/mol. The zero-order chi connectivity index (χ0) is 6.69. The van der Waals surface area contributed by atoms with Gasteiger partial charge in [-0.05, 0) is 12.5 Å². The van der Waals surface area contributed by atoms with Crippen molar-refractivity contribution in [2.75, 3.05) is 0 Å². The molecule has 4 N–H and O–H groups in total. The molecule has 0 radical (unpaired) electrons. The van der Waals surface area contributed by atoms with Gasteiger partial charge in [0.1, 0.15) is 0 Å². The van der Waals surface area contributed by atoms with Gasteiger partial charge in [0.05, 0.1) is 6.10 Å². The molecular weight excluding hydrogens is 126 g/mol. The highest BCUT2D eigenvalue weighted by Gasteiger charge is 1.95. The maximum atomic E-state index is 9.02. The summed E-state index contributed by atoms with van der Waals surface area (Å²) in [6.07, 6.45) is -0.341. The Bertz CT molecular complexity index is 172. The average molecular weight is 139 g/mol. The van der Waals surface area contributed by atoms with E-state index in [1.54, 1.807) is 6.92 Å². The Balaban J connectivity index is 0.000000810. The quantitative estimate of drug-likeness (QED) is 0.624. The lowest BCUT2D eigenvalue weighted by molar-refractivity contribution is 0.199. The minimum absolute atomic E-state index is 0. The van der Waals surface area contributed by atoms with Gasteiger partial charge >= 0.3 is 0 Å². The van der Waals surface area contributed by atoms with Crippen LogP contribution in [0.2, 0.25) is 0 Å². The van der Waals surface area contributed by atoms with Crippen LogP contribution in [0.15, 0.2) is 30.3 Å². The Labute approximate surface area is 61.1 Å². The molecule has 0 saturated carbocycles. The molecule has 1 atom stereocenters. The Morgan fingerprint density at radius 2 is 1.70 bits per heavy atom. The van der Waals surface area contributed by atoms with Crippen molar-refractivity contribution in [1.82, 2.24) is 6.15 Å². The van der Waals surface area contributed by atoms with Gasteiger partial charge in [0.2, 0.25) is 0 Å². The second-order valence-electron chi connectivity index (χ2n) is 2.09. The van der Waals surface area contributed by atoms with Crippen LogP contribution in [-0.4, -0.2) is 5.11 Å². The Kier molecular flexibility index (Phi) is 3.69. The van der Waals surface area contributed by atoms with Crippen molar-refractivity contribution in [2.45, 2.75) is 13.0 Å². The van der Waals surface area contributed by atoms with Crippen molar-refractivity contribution in [3.05, 3.63) is 35.9 Å². The summed E-state index contributed by atoms with van der Waals surface area (Å²) in [7, 11) is 0. The number of benzene rings is 1. The highest BCUT2D eigenvalue weighted by molar-refractivity contribution is 5.16. The van der Waals surface area contributed by atoms with E-state index in [2.05, 4.69) is 0 Å². The van der Waals surface area contributed by atoms with Gasteiger partial charge in [-0.3, -0.25) is 0 Å². The predicted octanol–water partition coefficient (Wildman–Crippen LogP) is 1.90. The Morgan fingerprint density at radius 1 is 1.20 bits per heavy atom. The molecule has 0 aliphatic rings. The lowest BCUT2D eigenvalue weighted by Gasteiger charge is -2.00. The number of hydrogen-bond acceptors (Lipinski definition) is 2. The standard InChI is InChI=1S/C8H10O.H3N/c1-7(9)8-5-3-2-4-6-8;/h2-7,9H,1H3;1H3. The molecule has 0 aromatic heterocycles.